The van der Waals surface area contributed by atoms with E-state index in [2.05, 4.69) is 5.32 Å². The van der Waals surface area contributed by atoms with Gasteiger partial charge < -0.3 is 5.32 Å². The minimum Gasteiger partial charge on any atom is -0.323 e. The molecule has 9 heteroatoms. The molecule has 0 radical (unpaired) electrons. The van der Waals surface area contributed by atoms with Crippen LogP contribution < -0.4 is 10.2 Å². The van der Waals surface area contributed by atoms with Gasteiger partial charge in [-0.2, -0.15) is 0 Å². The number of thioether (sulfide) groups is 1. The van der Waals surface area contributed by atoms with Crippen molar-refractivity contribution in [3.05, 3.63) is 64.0 Å². The van der Waals surface area contributed by atoms with Gasteiger partial charge in [-0.1, -0.05) is 0 Å². The molecule has 2 aliphatic rings. The SMILES string of the molecule is O=C1CCSC2(C(=O)Nc3ccc([N+](=O)[O-])cc32)N1c1ccc(F)cc1. The molecule has 1 saturated heterocycles. The number of anilines is 2. The Morgan fingerprint density at radius 2 is 1.92 bits per heavy atom. The largest absolute Gasteiger partial charge is 0.323 e. The van der Waals surface area contributed by atoms with Crippen molar-refractivity contribution in [1.29, 1.82) is 0 Å². The zero-order valence-corrected chi connectivity index (χ0v) is 14.1. The molecule has 2 aliphatic heterocycles. The quantitative estimate of drug-likeness (QED) is 0.645. The summed E-state index contributed by atoms with van der Waals surface area (Å²) in [7, 11) is 0. The number of carbonyl (C=O) groups excluding carboxylic acids is 2. The van der Waals surface area contributed by atoms with Crippen LogP contribution in [0.15, 0.2) is 42.5 Å². The Morgan fingerprint density at radius 1 is 1.19 bits per heavy atom. The number of rotatable bonds is 2. The molecule has 2 heterocycles. The van der Waals surface area contributed by atoms with Gasteiger partial charge in [0.2, 0.25) is 10.8 Å². The number of fused-ring (bicyclic) bond motifs is 2. The first kappa shape index (κ1) is 16.5. The second-order valence-electron chi connectivity index (χ2n) is 5.89. The highest BCUT2D eigenvalue weighted by atomic mass is 32.2. The molecule has 1 N–H and O–H groups in total. The maximum Gasteiger partial charge on any atom is 0.269 e. The summed E-state index contributed by atoms with van der Waals surface area (Å²) in [5.41, 5.74) is 0.976. The Bertz CT molecular complexity index is 950. The van der Waals surface area contributed by atoms with Gasteiger partial charge in [-0.3, -0.25) is 24.6 Å². The van der Waals surface area contributed by atoms with E-state index in [4.69, 9.17) is 0 Å². The molecule has 132 valence electrons. The summed E-state index contributed by atoms with van der Waals surface area (Å²) in [6, 6.07) is 9.33. The van der Waals surface area contributed by atoms with Gasteiger partial charge in [0.15, 0.2) is 0 Å². The lowest BCUT2D eigenvalue weighted by atomic mass is 10.0. The average Bonchev–Trinajstić information content (AvgIpc) is 2.88. The van der Waals surface area contributed by atoms with E-state index in [1.807, 2.05) is 0 Å². The summed E-state index contributed by atoms with van der Waals surface area (Å²) in [5, 5.41) is 13.9. The van der Waals surface area contributed by atoms with E-state index >= 15 is 0 Å². The van der Waals surface area contributed by atoms with E-state index in [1.165, 1.54) is 59.1 Å². The van der Waals surface area contributed by atoms with Crippen LogP contribution in [-0.4, -0.2) is 22.5 Å². The van der Waals surface area contributed by atoms with Crippen LogP contribution in [0.3, 0.4) is 0 Å². The van der Waals surface area contributed by atoms with Crippen LogP contribution in [0.1, 0.15) is 12.0 Å². The standard InChI is InChI=1S/C17H12FN3O4S/c18-10-1-3-11(4-2-10)20-15(22)7-8-26-17(20)13-9-12(21(24)25)5-6-14(13)19-16(17)23/h1-6,9H,7-8H2,(H,19,23). The van der Waals surface area contributed by atoms with Gasteiger partial charge in [0, 0.05) is 41.2 Å². The third-order valence-electron chi connectivity index (χ3n) is 4.41. The van der Waals surface area contributed by atoms with Gasteiger partial charge in [0.1, 0.15) is 5.82 Å². The van der Waals surface area contributed by atoms with Crippen molar-refractivity contribution in [2.45, 2.75) is 11.3 Å². The predicted octanol–water partition coefficient (Wildman–Crippen LogP) is 3.01. The highest BCUT2D eigenvalue weighted by molar-refractivity contribution is 8.01. The molecule has 2 aromatic carbocycles. The second kappa shape index (κ2) is 5.80. The summed E-state index contributed by atoms with van der Waals surface area (Å²) in [6.45, 7) is 0. The first-order chi connectivity index (χ1) is 12.4. The first-order valence-electron chi connectivity index (χ1n) is 7.76. The van der Waals surface area contributed by atoms with Crippen LogP contribution in [0.5, 0.6) is 0 Å². The summed E-state index contributed by atoms with van der Waals surface area (Å²) < 4.78 is 13.3. The number of nitrogens with zero attached hydrogens (tertiary/aromatic N) is 2. The zero-order chi connectivity index (χ0) is 18.5. The fourth-order valence-electron chi connectivity index (χ4n) is 3.28. The molecule has 2 aromatic rings. The van der Waals surface area contributed by atoms with Gasteiger partial charge in [-0.05, 0) is 30.3 Å². The number of benzene rings is 2. The lowest BCUT2D eigenvalue weighted by molar-refractivity contribution is -0.384. The number of carbonyl (C=O) groups is 2. The number of hydrogen-bond acceptors (Lipinski definition) is 5. The number of hydrogen-bond donors (Lipinski definition) is 1. The highest BCUT2D eigenvalue weighted by Crippen LogP contribution is 2.53. The summed E-state index contributed by atoms with van der Waals surface area (Å²) >= 11 is 1.23. The number of nitro groups is 1. The minimum absolute atomic E-state index is 0.169. The predicted molar refractivity (Wildman–Crippen MR) is 94.4 cm³/mol. The van der Waals surface area contributed by atoms with E-state index in [0.29, 0.717) is 22.7 Å². The lowest BCUT2D eigenvalue weighted by Crippen LogP contribution is -2.54. The van der Waals surface area contributed by atoms with Crippen molar-refractivity contribution in [3.63, 3.8) is 0 Å². The van der Waals surface area contributed by atoms with Gasteiger partial charge in [-0.15, -0.1) is 11.8 Å². The Kier molecular flexibility index (Phi) is 3.69. The van der Waals surface area contributed by atoms with Crippen LogP contribution in [-0.2, 0) is 14.5 Å². The maximum atomic E-state index is 13.3. The molecular weight excluding hydrogens is 361 g/mol. The van der Waals surface area contributed by atoms with Crippen LogP contribution >= 0.6 is 11.8 Å². The van der Waals surface area contributed by atoms with E-state index in [9.17, 15) is 24.1 Å². The van der Waals surface area contributed by atoms with Crippen molar-refractivity contribution in [2.75, 3.05) is 16.0 Å². The Labute approximate surface area is 151 Å². The van der Waals surface area contributed by atoms with Crippen molar-refractivity contribution in [1.82, 2.24) is 0 Å². The van der Waals surface area contributed by atoms with Crippen molar-refractivity contribution in [3.8, 4) is 0 Å². The van der Waals surface area contributed by atoms with Crippen LogP contribution in [0.4, 0.5) is 21.5 Å². The van der Waals surface area contributed by atoms with Gasteiger partial charge in [0.25, 0.3) is 11.6 Å². The highest BCUT2D eigenvalue weighted by Gasteiger charge is 2.56. The molecule has 26 heavy (non-hydrogen) atoms. The normalized spacial score (nSPS) is 21.7. The van der Waals surface area contributed by atoms with Crippen molar-refractivity contribution >= 4 is 40.6 Å². The number of nitro benzene ring substituents is 1. The van der Waals surface area contributed by atoms with Crippen molar-refractivity contribution < 1.29 is 18.9 Å². The van der Waals surface area contributed by atoms with Crippen molar-refractivity contribution in [2.24, 2.45) is 0 Å². The smallest absolute Gasteiger partial charge is 0.269 e. The minimum atomic E-state index is -1.45. The Hall–Kier alpha value is -2.94. The summed E-state index contributed by atoms with van der Waals surface area (Å²) in [5.74, 6) is -0.821. The third-order valence-corrected chi connectivity index (χ3v) is 5.82. The summed E-state index contributed by atoms with van der Waals surface area (Å²) in [6.07, 6.45) is 0.210. The van der Waals surface area contributed by atoms with Gasteiger partial charge in [-0.25, -0.2) is 4.39 Å². The molecule has 1 unspecified atom stereocenters. The Morgan fingerprint density at radius 3 is 2.62 bits per heavy atom. The number of non-ortho nitro benzene ring substituents is 1. The zero-order valence-electron chi connectivity index (χ0n) is 13.3. The van der Waals surface area contributed by atoms with Gasteiger partial charge in [0.05, 0.1) is 4.92 Å². The molecule has 0 bridgehead atoms. The molecule has 1 spiro atoms. The molecule has 0 aliphatic carbocycles. The average molecular weight is 373 g/mol. The van der Waals surface area contributed by atoms with Gasteiger partial charge >= 0.3 is 0 Å². The third kappa shape index (κ3) is 2.27. The molecular formula is C17H12FN3O4S. The molecule has 4 rings (SSSR count). The molecule has 7 nitrogen and oxygen atoms in total. The molecule has 1 fully saturated rings. The second-order valence-corrected chi connectivity index (χ2v) is 7.18. The monoisotopic (exact) mass is 373 g/mol. The maximum absolute atomic E-state index is 13.3. The first-order valence-corrected chi connectivity index (χ1v) is 8.75. The Balaban J connectivity index is 1.94. The number of nitrogens with one attached hydrogen (secondary N) is 1. The van der Waals surface area contributed by atoms with E-state index < -0.39 is 21.5 Å². The molecule has 2 amide bonds. The molecule has 0 aromatic heterocycles. The van der Waals surface area contributed by atoms with E-state index in [-0.39, 0.29) is 18.0 Å². The van der Waals surface area contributed by atoms with Crippen LogP contribution in [0.2, 0.25) is 0 Å². The summed E-state index contributed by atoms with van der Waals surface area (Å²) in [4.78, 5) is 36.1. The number of amides is 2. The van der Waals surface area contributed by atoms with Crippen LogP contribution in [0.25, 0.3) is 0 Å². The fourth-order valence-corrected chi connectivity index (χ4v) is 4.70. The fraction of sp³-hybridized carbons (Fsp3) is 0.176. The molecule has 1 atom stereocenters. The van der Waals surface area contributed by atoms with E-state index in [0.717, 1.165) is 0 Å². The lowest BCUT2D eigenvalue weighted by Gasteiger charge is -2.42. The van der Waals surface area contributed by atoms with Crippen LogP contribution in [0, 0.1) is 15.9 Å². The topological polar surface area (TPSA) is 92.5 Å². The molecule has 0 saturated carbocycles. The number of halogens is 1. The van der Waals surface area contributed by atoms with E-state index in [1.54, 1.807) is 0 Å².